The molecule has 1 aromatic heterocycles. The topological polar surface area (TPSA) is 178 Å². The second-order valence-corrected chi connectivity index (χ2v) is 12.1. The minimum Gasteiger partial charge on any atom is -0.508 e. The fraction of sp³-hybridized carbons (Fsp3) is 0.452. The summed E-state index contributed by atoms with van der Waals surface area (Å²) >= 11 is 0. The van der Waals surface area contributed by atoms with Crippen LogP contribution in [0, 0.1) is 11.8 Å². The zero-order chi connectivity index (χ0) is 30.1. The van der Waals surface area contributed by atoms with Crippen molar-refractivity contribution in [3.63, 3.8) is 0 Å². The molecule has 42 heavy (non-hydrogen) atoms. The first-order valence-corrected chi connectivity index (χ1v) is 14.2. The van der Waals surface area contributed by atoms with E-state index in [-0.39, 0.29) is 29.7 Å². The summed E-state index contributed by atoms with van der Waals surface area (Å²) in [7, 11) is 3.17. The molecule has 1 amide bonds. The number of nitrogens with two attached hydrogens (primary N) is 1. The summed E-state index contributed by atoms with van der Waals surface area (Å²) < 4.78 is 5.25. The average molecular weight is 578 g/mol. The largest absolute Gasteiger partial charge is 0.508 e. The Labute approximate surface area is 242 Å². The number of aliphatic hydroxyl groups is 3. The molecule has 6 rings (SSSR count). The summed E-state index contributed by atoms with van der Waals surface area (Å²) in [5.74, 6) is -6.60. The van der Waals surface area contributed by atoms with Gasteiger partial charge in [0.15, 0.2) is 11.4 Å². The van der Waals surface area contributed by atoms with Gasteiger partial charge in [0.05, 0.1) is 24.1 Å². The number of carbonyl (C=O) groups is 3. The van der Waals surface area contributed by atoms with E-state index >= 15 is 0 Å². The van der Waals surface area contributed by atoms with E-state index < -0.39 is 58.0 Å². The molecule has 11 nitrogen and oxygen atoms in total. The molecule has 222 valence electrons. The second kappa shape index (κ2) is 10.1. The number of fused-ring (bicyclic) bond motifs is 3. The molecule has 2 aromatic rings. The van der Waals surface area contributed by atoms with Crippen molar-refractivity contribution < 1.29 is 39.2 Å². The van der Waals surface area contributed by atoms with Crippen LogP contribution in [-0.2, 0) is 27.3 Å². The number of hydrogen-bond acceptors (Lipinski definition) is 10. The predicted octanol–water partition coefficient (Wildman–Crippen LogP) is 2.21. The first-order valence-electron chi connectivity index (χ1n) is 14.2. The molecule has 3 aliphatic carbocycles. The van der Waals surface area contributed by atoms with Crippen LogP contribution in [-0.4, -0.2) is 86.5 Å². The second-order valence-electron chi connectivity index (χ2n) is 12.1. The van der Waals surface area contributed by atoms with Crippen molar-refractivity contribution >= 4 is 23.2 Å². The van der Waals surface area contributed by atoms with Gasteiger partial charge in [0, 0.05) is 29.2 Å². The molecule has 11 heteroatoms. The summed E-state index contributed by atoms with van der Waals surface area (Å²) in [6.07, 6.45) is 6.59. The molecular weight excluding hydrogens is 542 g/mol. The molecule has 0 spiro atoms. The van der Waals surface area contributed by atoms with Gasteiger partial charge in [0.25, 0.3) is 5.91 Å². The molecule has 1 saturated heterocycles. The van der Waals surface area contributed by atoms with Crippen molar-refractivity contribution in [2.24, 2.45) is 17.6 Å². The van der Waals surface area contributed by atoms with E-state index in [2.05, 4.69) is 4.90 Å². The van der Waals surface area contributed by atoms with Crippen LogP contribution in [0.4, 0.5) is 0 Å². The van der Waals surface area contributed by atoms with Gasteiger partial charge >= 0.3 is 0 Å². The number of benzene rings is 1. The molecule has 0 unspecified atom stereocenters. The van der Waals surface area contributed by atoms with Gasteiger partial charge in [0.1, 0.15) is 22.8 Å². The first-order chi connectivity index (χ1) is 20.0. The summed E-state index contributed by atoms with van der Waals surface area (Å²) in [6, 6.07) is 2.47. The van der Waals surface area contributed by atoms with Gasteiger partial charge in [-0.2, -0.15) is 0 Å². The number of nitrogens with zero attached hydrogens (tertiary/aromatic N) is 2. The highest BCUT2D eigenvalue weighted by atomic mass is 16.3. The number of ketones is 2. The van der Waals surface area contributed by atoms with Crippen molar-refractivity contribution in [2.75, 3.05) is 27.2 Å². The zero-order valence-electron chi connectivity index (χ0n) is 23.6. The van der Waals surface area contributed by atoms with Gasteiger partial charge in [-0.15, -0.1) is 0 Å². The predicted molar refractivity (Wildman–Crippen MR) is 151 cm³/mol. The van der Waals surface area contributed by atoms with Gasteiger partial charge in [0.2, 0.25) is 5.78 Å². The number of piperidine rings is 1. The maximum absolute atomic E-state index is 14.2. The van der Waals surface area contributed by atoms with Crippen LogP contribution < -0.4 is 5.73 Å². The fourth-order valence-electron chi connectivity index (χ4n) is 7.53. The number of amides is 1. The van der Waals surface area contributed by atoms with Gasteiger partial charge in [-0.25, -0.2) is 0 Å². The number of Topliss-reactive ketones (excluding diaryl/α,β-unsaturated/α-hetero) is 2. The highest BCUT2D eigenvalue weighted by Crippen LogP contribution is 2.54. The Bertz CT molecular complexity index is 1550. The Morgan fingerprint density at radius 1 is 1.17 bits per heavy atom. The van der Waals surface area contributed by atoms with Crippen molar-refractivity contribution in [2.45, 2.75) is 50.3 Å². The third-order valence-electron chi connectivity index (χ3n) is 9.49. The van der Waals surface area contributed by atoms with E-state index in [1.54, 1.807) is 20.2 Å². The van der Waals surface area contributed by atoms with Crippen LogP contribution in [0.25, 0.3) is 16.9 Å². The lowest BCUT2D eigenvalue weighted by Crippen LogP contribution is -2.65. The Morgan fingerprint density at radius 2 is 1.88 bits per heavy atom. The SMILES string of the molecule is CN(C)[C@@H]1C(=O)C(C(N)=O)=C(O)[C@@]2(O)C(=O)C3=C(O)c4c(O)c(-c5ccoc5)cc(CN5CCCCC5)c4C[C@H]3C[C@@H]12. The number of phenols is 1. The Kier molecular flexibility index (Phi) is 6.79. The van der Waals surface area contributed by atoms with E-state index in [0.29, 0.717) is 23.2 Å². The number of likely N-dealkylation sites (tertiary alicyclic amines) is 1. The Balaban J connectivity index is 1.55. The molecule has 1 saturated carbocycles. The average Bonchev–Trinajstić information content (AvgIpc) is 3.47. The number of aliphatic hydroxyl groups excluding tert-OH is 2. The van der Waals surface area contributed by atoms with Crippen molar-refractivity contribution in [1.82, 2.24) is 9.80 Å². The third kappa shape index (κ3) is 4.02. The van der Waals surface area contributed by atoms with Crippen LogP contribution in [0.1, 0.15) is 42.4 Å². The number of carbonyl (C=O) groups excluding carboxylic acids is 3. The smallest absolute Gasteiger partial charge is 0.255 e. The van der Waals surface area contributed by atoms with Gasteiger partial charge in [-0.05, 0) is 82.0 Å². The Morgan fingerprint density at radius 3 is 2.50 bits per heavy atom. The number of rotatable bonds is 5. The molecule has 2 fully saturated rings. The zero-order valence-corrected chi connectivity index (χ0v) is 23.6. The van der Waals surface area contributed by atoms with Crippen LogP contribution in [0.3, 0.4) is 0 Å². The molecule has 4 aliphatic rings. The summed E-state index contributed by atoms with van der Waals surface area (Å²) in [6.45, 7) is 2.41. The maximum atomic E-state index is 14.2. The standard InChI is InChI=1S/C31H35N3O8/c1-33(2)24-20-12-16-10-18-17(13-34-7-4-3-5-8-34)11-19(15-6-9-42-14-15)25(35)22(18)26(36)21(16)28(38)31(20,41)29(39)23(27(24)37)30(32)40/h6,9,11,14,16,20,24,35-36,39,41H,3-5,7-8,10,12-13H2,1-2H3,(H2,32,40)/t16-,20-,24-,31-/m0/s1. The minimum atomic E-state index is -2.67. The van der Waals surface area contributed by atoms with Gasteiger partial charge < -0.3 is 30.6 Å². The number of aromatic hydroxyl groups is 1. The van der Waals surface area contributed by atoms with E-state index in [0.717, 1.165) is 37.9 Å². The number of likely N-dealkylation sites (N-methyl/N-ethyl adjacent to an activating group) is 1. The molecule has 6 N–H and O–H groups in total. The summed E-state index contributed by atoms with van der Waals surface area (Å²) in [5.41, 5.74) is 4.45. The van der Waals surface area contributed by atoms with E-state index in [1.165, 1.54) is 17.4 Å². The molecule has 4 atom stereocenters. The van der Waals surface area contributed by atoms with E-state index in [1.807, 2.05) is 6.07 Å². The number of furan rings is 1. The normalized spacial score (nSPS) is 28.1. The molecule has 0 radical (unpaired) electrons. The molecular formula is C31H35N3O8. The minimum absolute atomic E-state index is 0.0547. The summed E-state index contributed by atoms with van der Waals surface area (Å²) in [5, 5.41) is 46.2. The summed E-state index contributed by atoms with van der Waals surface area (Å²) in [4.78, 5) is 43.5. The van der Waals surface area contributed by atoms with Crippen LogP contribution in [0.5, 0.6) is 5.75 Å². The van der Waals surface area contributed by atoms with E-state index in [4.69, 9.17) is 10.2 Å². The quantitative estimate of drug-likeness (QED) is 0.331. The fourth-order valence-corrected chi connectivity index (χ4v) is 7.53. The molecule has 2 heterocycles. The molecule has 1 aromatic carbocycles. The van der Waals surface area contributed by atoms with Crippen molar-refractivity contribution in [1.29, 1.82) is 0 Å². The lowest BCUT2D eigenvalue weighted by molar-refractivity contribution is -0.153. The lowest BCUT2D eigenvalue weighted by atomic mass is 9.57. The number of hydrogen-bond donors (Lipinski definition) is 5. The molecule has 0 bridgehead atoms. The molecule has 1 aliphatic heterocycles. The Hall–Kier alpha value is -3.93. The van der Waals surface area contributed by atoms with Gasteiger partial charge in [-0.1, -0.05) is 6.42 Å². The van der Waals surface area contributed by atoms with Crippen molar-refractivity contribution in [3.8, 4) is 16.9 Å². The lowest BCUT2D eigenvalue weighted by Gasteiger charge is -2.50. The maximum Gasteiger partial charge on any atom is 0.255 e. The highest BCUT2D eigenvalue weighted by molar-refractivity contribution is 6.24. The van der Waals surface area contributed by atoms with Gasteiger partial charge in [-0.3, -0.25) is 24.2 Å². The third-order valence-corrected chi connectivity index (χ3v) is 9.49. The van der Waals surface area contributed by atoms with E-state index in [9.17, 15) is 34.8 Å². The first kappa shape index (κ1) is 28.2. The van der Waals surface area contributed by atoms with Crippen LogP contribution >= 0.6 is 0 Å². The van der Waals surface area contributed by atoms with Crippen LogP contribution in [0.15, 0.2) is 46.0 Å². The monoisotopic (exact) mass is 577 g/mol. The number of primary amides is 1. The van der Waals surface area contributed by atoms with Crippen LogP contribution in [0.2, 0.25) is 0 Å². The van der Waals surface area contributed by atoms with Crippen molar-refractivity contribution in [3.05, 3.63) is 58.3 Å². The highest BCUT2D eigenvalue weighted by Gasteiger charge is 2.64. The number of phenolic OH excluding ortho intramolecular Hbond substituents is 1.